The number of thiophene rings is 1. The Labute approximate surface area is 224 Å². The molecule has 0 saturated carbocycles. The number of benzene rings is 4. The minimum absolute atomic E-state index is 0. The summed E-state index contributed by atoms with van der Waals surface area (Å²) in [5.74, 6) is 0. The number of hydrogen-bond donors (Lipinski definition) is 0. The molecule has 0 unspecified atom stereocenters. The van der Waals surface area contributed by atoms with Crippen LogP contribution in [0.3, 0.4) is 0 Å². The summed E-state index contributed by atoms with van der Waals surface area (Å²) in [5.41, 5.74) is 5.76. The Bertz CT molecular complexity index is 2030. The number of aromatic nitrogens is 3. The van der Waals surface area contributed by atoms with Crippen LogP contribution in [0.25, 0.3) is 64.4 Å². The van der Waals surface area contributed by atoms with E-state index in [0.717, 1.165) is 11.0 Å². The minimum Gasteiger partial charge on any atom is -0.301 e. The van der Waals surface area contributed by atoms with Gasteiger partial charge in [-0.25, -0.2) is 0 Å². The molecule has 0 aliphatic heterocycles. The van der Waals surface area contributed by atoms with Gasteiger partial charge in [-0.15, -0.1) is 22.3 Å². The summed E-state index contributed by atoms with van der Waals surface area (Å²) in [6.45, 7) is 0. The first-order valence-electron chi connectivity index (χ1n) is 11.7. The molecule has 1 radical (unpaired) electrons. The molecule has 4 aromatic heterocycles. The first kappa shape index (κ1) is 21.5. The van der Waals surface area contributed by atoms with E-state index in [1.54, 1.807) is 0 Å². The first-order chi connectivity index (χ1) is 17.4. The van der Waals surface area contributed by atoms with Gasteiger partial charge in [0.05, 0.1) is 21.6 Å². The zero-order valence-corrected chi connectivity index (χ0v) is 22.2. The van der Waals surface area contributed by atoms with E-state index in [1.807, 2.05) is 22.0 Å². The van der Waals surface area contributed by atoms with E-state index in [0.29, 0.717) is 0 Å². The minimum atomic E-state index is 0. The third-order valence-electron chi connectivity index (χ3n) is 6.94. The van der Waals surface area contributed by atoms with Gasteiger partial charge in [0, 0.05) is 37.1 Å². The predicted octanol–water partition coefficient (Wildman–Crippen LogP) is 8.26. The Morgan fingerprint density at radius 2 is 1.28 bits per heavy atom. The van der Waals surface area contributed by atoms with Crippen molar-refractivity contribution in [2.45, 2.75) is 0 Å². The summed E-state index contributed by atoms with van der Waals surface area (Å²) in [5, 5.41) is 12.0. The van der Waals surface area contributed by atoms with Crippen molar-refractivity contribution in [2.24, 2.45) is 0 Å². The molecule has 4 heterocycles. The fourth-order valence-electron chi connectivity index (χ4n) is 5.40. The van der Waals surface area contributed by atoms with E-state index in [2.05, 4.69) is 119 Å². The average Bonchev–Trinajstić information content (AvgIpc) is 3.66. The van der Waals surface area contributed by atoms with Crippen molar-refractivity contribution < 1.29 is 20.1 Å². The number of rotatable bonds is 2. The fraction of sp³-hybridized carbons (Fsp3) is 0. The van der Waals surface area contributed by atoms with Gasteiger partial charge >= 0.3 is 0 Å². The quantitative estimate of drug-likeness (QED) is 0.136. The first-order valence-corrected chi connectivity index (χ1v) is 12.5. The number of fused-ring (bicyclic) bond motifs is 9. The average molecular weight is 657 g/mol. The maximum Gasteiger partial charge on any atom is 0.0995 e. The van der Waals surface area contributed by atoms with Gasteiger partial charge in [0.15, 0.2) is 0 Å². The summed E-state index contributed by atoms with van der Waals surface area (Å²) in [6, 6.07) is 40.3. The van der Waals surface area contributed by atoms with Gasteiger partial charge in [0.1, 0.15) is 0 Å². The zero-order valence-electron chi connectivity index (χ0n) is 19.0. The topological polar surface area (TPSA) is 22.2 Å². The summed E-state index contributed by atoms with van der Waals surface area (Å²) in [6.07, 6.45) is 1.86. The number of para-hydroxylation sites is 2. The maximum atomic E-state index is 4.58. The van der Waals surface area contributed by atoms with Crippen molar-refractivity contribution in [3.8, 4) is 15.4 Å². The molecule has 0 aliphatic carbocycles. The molecule has 0 atom stereocenters. The monoisotopic (exact) mass is 657 g/mol. The van der Waals surface area contributed by atoms with Crippen LogP contribution in [0.1, 0.15) is 0 Å². The standard InChI is InChI=1S/C31H18N3S.Ir/c1-2-8-22-21(7-1)25-19-20(13-14-28(25)34-29(22)17-18-32-34)30-15-16-31(35-30)33-26-11-5-3-9-23(26)24-10-4-6-12-27(24)33;/h1-13,15-19H;/q-1;. The largest absolute Gasteiger partial charge is 0.301 e. The molecular formula is C31H18IrN3S-. The third kappa shape index (κ3) is 2.97. The molecule has 173 valence electrons. The van der Waals surface area contributed by atoms with E-state index in [1.165, 1.54) is 53.4 Å². The van der Waals surface area contributed by atoms with Crippen molar-refractivity contribution in [1.29, 1.82) is 0 Å². The molecule has 3 nitrogen and oxygen atoms in total. The Morgan fingerprint density at radius 1 is 0.639 bits per heavy atom. The second kappa shape index (κ2) is 8.14. The Kier molecular flexibility index (Phi) is 4.87. The molecule has 0 bridgehead atoms. The van der Waals surface area contributed by atoms with E-state index in [-0.39, 0.29) is 20.1 Å². The molecule has 5 heteroatoms. The molecule has 8 aromatic rings. The van der Waals surface area contributed by atoms with Crippen LogP contribution in [-0.4, -0.2) is 14.2 Å². The summed E-state index contributed by atoms with van der Waals surface area (Å²) in [7, 11) is 0. The van der Waals surface area contributed by atoms with Crippen molar-refractivity contribution in [1.82, 2.24) is 14.2 Å². The van der Waals surface area contributed by atoms with Crippen LogP contribution in [0.4, 0.5) is 0 Å². The molecule has 36 heavy (non-hydrogen) atoms. The molecule has 8 rings (SSSR count). The number of nitrogens with zero attached hydrogens (tertiary/aromatic N) is 3. The van der Waals surface area contributed by atoms with Crippen LogP contribution in [0.5, 0.6) is 0 Å². The Morgan fingerprint density at radius 3 is 2.00 bits per heavy atom. The summed E-state index contributed by atoms with van der Waals surface area (Å²) < 4.78 is 4.38. The predicted molar refractivity (Wildman–Crippen MR) is 147 cm³/mol. The molecule has 0 fully saturated rings. The zero-order chi connectivity index (χ0) is 22.9. The smallest absolute Gasteiger partial charge is 0.0995 e. The van der Waals surface area contributed by atoms with Gasteiger partial charge in [-0.05, 0) is 40.0 Å². The van der Waals surface area contributed by atoms with Crippen molar-refractivity contribution in [3.05, 3.63) is 115 Å². The van der Waals surface area contributed by atoms with Gasteiger partial charge in [0.25, 0.3) is 0 Å². The molecule has 0 aliphatic rings. The molecule has 0 saturated heterocycles. The van der Waals surface area contributed by atoms with Crippen molar-refractivity contribution in [2.75, 3.05) is 0 Å². The number of hydrogen-bond acceptors (Lipinski definition) is 2. The van der Waals surface area contributed by atoms with Gasteiger partial charge in [-0.2, -0.15) is 23.3 Å². The second-order valence-corrected chi connectivity index (χ2v) is 9.89. The fourth-order valence-corrected chi connectivity index (χ4v) is 6.42. The van der Waals surface area contributed by atoms with Crippen LogP contribution in [0, 0.1) is 6.07 Å². The van der Waals surface area contributed by atoms with Gasteiger partial charge in [0.2, 0.25) is 0 Å². The van der Waals surface area contributed by atoms with Crippen molar-refractivity contribution >= 4 is 60.3 Å². The molecular weight excluding hydrogens is 639 g/mol. The van der Waals surface area contributed by atoms with E-state index in [9.17, 15) is 0 Å². The second-order valence-electron chi connectivity index (χ2n) is 8.83. The summed E-state index contributed by atoms with van der Waals surface area (Å²) in [4.78, 5) is 1.23. The molecule has 0 amide bonds. The van der Waals surface area contributed by atoms with Gasteiger partial charge in [-0.3, -0.25) is 4.52 Å². The SMILES string of the molecule is [Ir].[c-]1cc(-c2ccc(-n3c4ccccc4c4ccccc43)s2)cc2c3ccccc3c3ccnn3c12. The van der Waals surface area contributed by atoms with Gasteiger partial charge < -0.3 is 4.57 Å². The van der Waals surface area contributed by atoms with Gasteiger partial charge in [-0.1, -0.05) is 72.1 Å². The number of pyridine rings is 1. The van der Waals surface area contributed by atoms with Crippen LogP contribution >= 0.6 is 11.3 Å². The van der Waals surface area contributed by atoms with Crippen LogP contribution in [0.15, 0.2) is 109 Å². The Balaban J connectivity index is 0.00000220. The maximum absolute atomic E-state index is 4.58. The molecule has 0 spiro atoms. The molecule has 0 N–H and O–H groups in total. The molecule has 4 aromatic carbocycles. The van der Waals surface area contributed by atoms with Crippen molar-refractivity contribution in [3.63, 3.8) is 0 Å². The van der Waals surface area contributed by atoms with Crippen LogP contribution < -0.4 is 0 Å². The normalized spacial score (nSPS) is 11.7. The third-order valence-corrected chi connectivity index (χ3v) is 8.06. The van der Waals surface area contributed by atoms with E-state index < -0.39 is 0 Å². The van der Waals surface area contributed by atoms with E-state index >= 15 is 0 Å². The van der Waals surface area contributed by atoms with Crippen LogP contribution in [0.2, 0.25) is 0 Å². The van der Waals surface area contributed by atoms with E-state index in [4.69, 9.17) is 0 Å². The Hall–Kier alpha value is -3.76. The summed E-state index contributed by atoms with van der Waals surface area (Å²) >= 11 is 1.81. The van der Waals surface area contributed by atoms with Crippen LogP contribution in [-0.2, 0) is 20.1 Å².